The second-order valence-corrected chi connectivity index (χ2v) is 3.69. The number of nitrogens with two attached hydrogens (primary N) is 1. The van der Waals surface area contributed by atoms with Crippen LogP contribution in [0.5, 0.6) is 5.75 Å². The fraction of sp³-hybridized carbons (Fsp3) is 0.500. The molecule has 0 spiro atoms. The highest BCUT2D eigenvalue weighted by Gasteiger charge is 2.08. The summed E-state index contributed by atoms with van der Waals surface area (Å²) in [6.45, 7) is 2.78. The highest BCUT2D eigenvalue weighted by molar-refractivity contribution is 5.29. The molecular weight excluding hydrogens is 209 g/mol. The van der Waals surface area contributed by atoms with Crippen LogP contribution in [0.4, 0.5) is 4.39 Å². The van der Waals surface area contributed by atoms with Gasteiger partial charge >= 0.3 is 0 Å². The number of hydrogen-bond acceptors (Lipinski definition) is 3. The van der Waals surface area contributed by atoms with Crippen molar-refractivity contribution in [3.8, 4) is 5.75 Å². The first kappa shape index (κ1) is 12.9. The second-order valence-electron chi connectivity index (χ2n) is 3.69. The molecule has 0 heterocycles. The molecule has 0 fully saturated rings. The second kappa shape index (κ2) is 6.45. The molecule has 0 aromatic heterocycles. The van der Waals surface area contributed by atoms with Gasteiger partial charge in [0.15, 0.2) is 11.6 Å². The molecule has 1 atom stereocenters. The van der Waals surface area contributed by atoms with Crippen molar-refractivity contribution in [3.63, 3.8) is 0 Å². The van der Waals surface area contributed by atoms with Crippen LogP contribution in [-0.4, -0.2) is 26.4 Å². The highest BCUT2D eigenvalue weighted by Crippen LogP contribution is 2.19. The van der Waals surface area contributed by atoms with Crippen molar-refractivity contribution >= 4 is 0 Å². The van der Waals surface area contributed by atoms with Crippen LogP contribution >= 0.6 is 0 Å². The van der Waals surface area contributed by atoms with Crippen molar-refractivity contribution in [3.05, 3.63) is 29.6 Å². The predicted octanol–water partition coefficient (Wildman–Crippen LogP) is 1.74. The Bertz CT molecular complexity index is 331. The summed E-state index contributed by atoms with van der Waals surface area (Å²) in [6.07, 6.45) is 0.505. The lowest BCUT2D eigenvalue weighted by molar-refractivity contribution is 0.0892. The van der Waals surface area contributed by atoms with Crippen molar-refractivity contribution in [2.45, 2.75) is 19.4 Å². The third-order valence-electron chi connectivity index (χ3n) is 2.16. The molecule has 3 nitrogen and oxygen atoms in total. The first-order chi connectivity index (χ1) is 7.67. The number of rotatable bonds is 6. The molecular formula is C12H18FNO2. The van der Waals surface area contributed by atoms with Crippen molar-refractivity contribution in [1.82, 2.24) is 0 Å². The van der Waals surface area contributed by atoms with E-state index in [4.69, 9.17) is 15.2 Å². The van der Waals surface area contributed by atoms with Gasteiger partial charge in [-0.3, -0.25) is 0 Å². The fourth-order valence-electron chi connectivity index (χ4n) is 1.45. The smallest absolute Gasteiger partial charge is 0.165 e. The Labute approximate surface area is 95.4 Å². The first-order valence-corrected chi connectivity index (χ1v) is 5.31. The Kier molecular flexibility index (Phi) is 5.22. The highest BCUT2D eigenvalue weighted by atomic mass is 19.1. The van der Waals surface area contributed by atoms with Crippen LogP contribution in [0.2, 0.25) is 0 Å². The molecule has 0 saturated heterocycles. The SMILES string of the molecule is COCC(C)Oc1ccc(CCN)cc1F. The molecule has 16 heavy (non-hydrogen) atoms. The Balaban J connectivity index is 2.67. The maximum atomic E-state index is 13.6. The number of methoxy groups -OCH3 is 1. The van der Waals surface area contributed by atoms with Gasteiger partial charge in [-0.1, -0.05) is 6.07 Å². The van der Waals surface area contributed by atoms with Crippen LogP contribution in [0, 0.1) is 5.82 Å². The van der Waals surface area contributed by atoms with Gasteiger partial charge in [0, 0.05) is 7.11 Å². The van der Waals surface area contributed by atoms with E-state index in [2.05, 4.69) is 0 Å². The van der Waals surface area contributed by atoms with Crippen LogP contribution in [0.3, 0.4) is 0 Å². The quantitative estimate of drug-likeness (QED) is 0.805. The van der Waals surface area contributed by atoms with E-state index in [1.165, 1.54) is 6.07 Å². The predicted molar refractivity (Wildman–Crippen MR) is 61.1 cm³/mol. The van der Waals surface area contributed by atoms with Crippen LogP contribution in [0.1, 0.15) is 12.5 Å². The molecule has 90 valence electrons. The van der Waals surface area contributed by atoms with E-state index in [0.29, 0.717) is 19.6 Å². The van der Waals surface area contributed by atoms with Crippen molar-refractivity contribution in [1.29, 1.82) is 0 Å². The van der Waals surface area contributed by atoms with Gasteiger partial charge in [0.1, 0.15) is 6.10 Å². The lowest BCUT2D eigenvalue weighted by Crippen LogP contribution is -2.18. The summed E-state index contributed by atoms with van der Waals surface area (Å²) in [7, 11) is 1.58. The van der Waals surface area contributed by atoms with E-state index >= 15 is 0 Å². The topological polar surface area (TPSA) is 44.5 Å². The van der Waals surface area contributed by atoms with Gasteiger partial charge in [-0.25, -0.2) is 4.39 Å². The Hall–Kier alpha value is -1.13. The zero-order chi connectivity index (χ0) is 12.0. The van der Waals surface area contributed by atoms with Crippen LogP contribution < -0.4 is 10.5 Å². The average molecular weight is 227 g/mol. The molecule has 0 bridgehead atoms. The summed E-state index contributed by atoms with van der Waals surface area (Å²) < 4.78 is 23.9. The number of halogens is 1. The molecule has 0 aliphatic carbocycles. The molecule has 1 aromatic carbocycles. The van der Waals surface area contributed by atoms with E-state index in [0.717, 1.165) is 5.56 Å². The monoisotopic (exact) mass is 227 g/mol. The van der Waals surface area contributed by atoms with Crippen molar-refractivity contribution in [2.24, 2.45) is 5.73 Å². The molecule has 4 heteroatoms. The normalized spacial score (nSPS) is 12.5. The third-order valence-corrected chi connectivity index (χ3v) is 2.16. The zero-order valence-electron chi connectivity index (χ0n) is 9.70. The summed E-state index contributed by atoms with van der Waals surface area (Å²) in [5.74, 6) is -0.0979. The third kappa shape index (κ3) is 3.79. The maximum absolute atomic E-state index is 13.6. The Morgan fingerprint density at radius 1 is 1.44 bits per heavy atom. The molecule has 0 radical (unpaired) electrons. The molecule has 0 aliphatic rings. The van der Waals surface area contributed by atoms with Crippen molar-refractivity contribution in [2.75, 3.05) is 20.3 Å². The largest absolute Gasteiger partial charge is 0.485 e. The standard InChI is InChI=1S/C12H18FNO2/c1-9(8-15-2)16-12-4-3-10(5-6-14)7-11(12)13/h3-4,7,9H,5-6,8,14H2,1-2H3. The molecule has 0 amide bonds. The van der Waals surface area contributed by atoms with Gasteiger partial charge in [0.25, 0.3) is 0 Å². The maximum Gasteiger partial charge on any atom is 0.165 e. The Morgan fingerprint density at radius 2 is 2.19 bits per heavy atom. The summed E-state index contributed by atoms with van der Waals surface area (Å²) in [5.41, 5.74) is 6.28. The Morgan fingerprint density at radius 3 is 2.75 bits per heavy atom. The number of ether oxygens (including phenoxy) is 2. The molecule has 1 unspecified atom stereocenters. The summed E-state index contributed by atoms with van der Waals surface area (Å²) >= 11 is 0. The van der Waals surface area contributed by atoms with Gasteiger partial charge in [-0.15, -0.1) is 0 Å². The lowest BCUT2D eigenvalue weighted by atomic mass is 10.1. The van der Waals surface area contributed by atoms with Gasteiger partial charge in [0.05, 0.1) is 6.61 Å². The van der Waals surface area contributed by atoms with Gasteiger partial charge < -0.3 is 15.2 Å². The van der Waals surface area contributed by atoms with Gasteiger partial charge in [-0.05, 0) is 37.6 Å². The molecule has 0 aliphatic heterocycles. The average Bonchev–Trinajstić information content (AvgIpc) is 2.23. The number of benzene rings is 1. The van der Waals surface area contributed by atoms with Crippen LogP contribution in [0.25, 0.3) is 0 Å². The van der Waals surface area contributed by atoms with Gasteiger partial charge in [-0.2, -0.15) is 0 Å². The first-order valence-electron chi connectivity index (χ1n) is 5.31. The van der Waals surface area contributed by atoms with Crippen molar-refractivity contribution < 1.29 is 13.9 Å². The number of hydrogen-bond donors (Lipinski definition) is 1. The minimum Gasteiger partial charge on any atom is -0.485 e. The van der Waals surface area contributed by atoms with E-state index in [9.17, 15) is 4.39 Å². The molecule has 1 aromatic rings. The van der Waals surface area contributed by atoms with Crippen LogP contribution in [0.15, 0.2) is 18.2 Å². The minimum absolute atomic E-state index is 0.167. The molecule has 1 rings (SSSR count). The lowest BCUT2D eigenvalue weighted by Gasteiger charge is -2.14. The van der Waals surface area contributed by atoms with Gasteiger partial charge in [0.2, 0.25) is 0 Å². The zero-order valence-corrected chi connectivity index (χ0v) is 9.70. The van der Waals surface area contributed by atoms with E-state index in [-0.39, 0.29) is 17.7 Å². The summed E-state index contributed by atoms with van der Waals surface area (Å²) in [6, 6.07) is 4.92. The molecule has 2 N–H and O–H groups in total. The fourth-order valence-corrected chi connectivity index (χ4v) is 1.45. The summed E-state index contributed by atoms with van der Waals surface area (Å²) in [5, 5.41) is 0. The molecule has 0 saturated carbocycles. The van der Waals surface area contributed by atoms with E-state index in [1.807, 2.05) is 13.0 Å². The van der Waals surface area contributed by atoms with E-state index < -0.39 is 0 Å². The minimum atomic E-state index is -0.353. The van der Waals surface area contributed by atoms with Crippen LogP contribution in [-0.2, 0) is 11.2 Å². The van der Waals surface area contributed by atoms with E-state index in [1.54, 1.807) is 13.2 Å². The summed E-state index contributed by atoms with van der Waals surface area (Å²) in [4.78, 5) is 0.